The van der Waals surface area contributed by atoms with Crippen LogP contribution in [-0.2, 0) is 4.79 Å². The molecule has 1 atom stereocenters. The van der Waals surface area contributed by atoms with Gasteiger partial charge in [0.15, 0.2) is 0 Å². The zero-order valence-electron chi connectivity index (χ0n) is 16.1. The summed E-state index contributed by atoms with van der Waals surface area (Å²) in [5, 5.41) is 2.45. The van der Waals surface area contributed by atoms with Crippen LogP contribution in [0, 0.1) is 0 Å². The van der Waals surface area contributed by atoms with Crippen LogP contribution < -0.4 is 15.1 Å². The van der Waals surface area contributed by atoms with Crippen molar-refractivity contribution < 1.29 is 9.53 Å². The first-order valence-corrected chi connectivity index (χ1v) is 9.74. The standard InChI is InChI=1S/C20H24ClN5O2/c1-14-5-6-22-20-16(14)12-26(23-20)13-19(27)25-9-7-24(8-10-25)15-3-4-17(21)18(11-15)28-2/h3-6,11-12,20,23H,7-10,13H2,1-2H3. The molecule has 7 nitrogen and oxygen atoms in total. The van der Waals surface area contributed by atoms with E-state index in [2.05, 4.69) is 22.2 Å². The predicted molar refractivity (Wildman–Crippen MR) is 111 cm³/mol. The molecule has 0 bridgehead atoms. The minimum absolute atomic E-state index is 0.0745. The summed E-state index contributed by atoms with van der Waals surface area (Å²) < 4.78 is 5.30. The molecule has 1 unspecified atom stereocenters. The van der Waals surface area contributed by atoms with Crippen LogP contribution in [0.1, 0.15) is 6.92 Å². The number of methoxy groups -OCH3 is 1. The van der Waals surface area contributed by atoms with Crippen LogP contribution >= 0.6 is 11.6 Å². The van der Waals surface area contributed by atoms with Gasteiger partial charge in [-0.15, -0.1) is 0 Å². The highest BCUT2D eigenvalue weighted by molar-refractivity contribution is 6.32. The van der Waals surface area contributed by atoms with Crippen molar-refractivity contribution in [3.05, 3.63) is 46.6 Å². The number of fused-ring (bicyclic) bond motifs is 1. The highest BCUT2D eigenvalue weighted by atomic mass is 35.5. The fourth-order valence-corrected chi connectivity index (χ4v) is 3.86. The van der Waals surface area contributed by atoms with Crippen LogP contribution in [0.3, 0.4) is 0 Å². The van der Waals surface area contributed by atoms with Gasteiger partial charge in [0.2, 0.25) is 5.91 Å². The Bertz CT molecular complexity index is 858. The number of piperazine rings is 1. The van der Waals surface area contributed by atoms with E-state index < -0.39 is 0 Å². The molecule has 1 saturated heterocycles. The van der Waals surface area contributed by atoms with Gasteiger partial charge in [-0.1, -0.05) is 11.6 Å². The Labute approximate surface area is 169 Å². The third kappa shape index (κ3) is 3.72. The Kier molecular flexibility index (Phi) is 5.28. The van der Waals surface area contributed by atoms with E-state index in [0.717, 1.165) is 24.4 Å². The second-order valence-electron chi connectivity index (χ2n) is 7.08. The minimum atomic E-state index is -0.0745. The Balaban J connectivity index is 1.32. The van der Waals surface area contributed by atoms with Gasteiger partial charge in [0.05, 0.1) is 12.1 Å². The van der Waals surface area contributed by atoms with Crippen molar-refractivity contribution in [2.45, 2.75) is 13.1 Å². The fourth-order valence-electron chi connectivity index (χ4n) is 3.67. The lowest BCUT2D eigenvalue weighted by molar-refractivity contribution is -0.132. The summed E-state index contributed by atoms with van der Waals surface area (Å²) in [6, 6.07) is 5.77. The van der Waals surface area contributed by atoms with Crippen LogP contribution in [0.5, 0.6) is 5.75 Å². The van der Waals surface area contributed by atoms with E-state index in [-0.39, 0.29) is 12.1 Å². The molecular formula is C20H24ClN5O2. The highest BCUT2D eigenvalue weighted by Gasteiger charge is 2.28. The molecule has 0 aliphatic carbocycles. The van der Waals surface area contributed by atoms with E-state index in [0.29, 0.717) is 30.4 Å². The van der Waals surface area contributed by atoms with Crippen molar-refractivity contribution >= 4 is 29.4 Å². The number of hydrogen-bond acceptors (Lipinski definition) is 6. The molecule has 0 spiro atoms. The van der Waals surface area contributed by atoms with Crippen molar-refractivity contribution in [1.82, 2.24) is 15.3 Å². The van der Waals surface area contributed by atoms with Gasteiger partial charge in [0.1, 0.15) is 18.5 Å². The number of aliphatic imine (C=N–C) groups is 1. The average molecular weight is 402 g/mol. The third-order valence-corrected chi connectivity index (χ3v) is 5.64. The molecule has 1 fully saturated rings. The number of dihydropyridines is 1. The number of rotatable bonds is 4. The zero-order chi connectivity index (χ0) is 19.7. The van der Waals surface area contributed by atoms with Crippen molar-refractivity contribution in [2.24, 2.45) is 4.99 Å². The number of amides is 1. The lowest BCUT2D eigenvalue weighted by atomic mass is 10.1. The molecule has 1 amide bonds. The summed E-state index contributed by atoms with van der Waals surface area (Å²) in [7, 11) is 1.61. The number of hydrazine groups is 1. The number of halogens is 1. The number of carbonyl (C=O) groups is 1. The lowest BCUT2D eigenvalue weighted by Gasteiger charge is -2.36. The van der Waals surface area contributed by atoms with Crippen LogP contribution in [0.25, 0.3) is 0 Å². The van der Waals surface area contributed by atoms with Crippen molar-refractivity contribution in [1.29, 1.82) is 0 Å². The fraction of sp³-hybridized carbons (Fsp3) is 0.400. The SMILES string of the molecule is COc1cc(N2CCN(C(=O)CN3C=C4C(C)=CC=NC4N3)CC2)ccc1Cl. The van der Waals surface area contributed by atoms with Gasteiger partial charge < -0.3 is 19.5 Å². The summed E-state index contributed by atoms with van der Waals surface area (Å²) in [4.78, 5) is 21.3. The molecule has 148 valence electrons. The predicted octanol–water partition coefficient (Wildman–Crippen LogP) is 2.06. The number of benzene rings is 1. The van der Waals surface area contributed by atoms with E-state index >= 15 is 0 Å². The van der Waals surface area contributed by atoms with Crippen LogP contribution in [-0.4, -0.2) is 68.0 Å². The normalized spacial score (nSPS) is 21.4. The second-order valence-corrected chi connectivity index (χ2v) is 7.49. The highest BCUT2D eigenvalue weighted by Crippen LogP contribution is 2.30. The molecule has 0 radical (unpaired) electrons. The maximum Gasteiger partial charge on any atom is 0.243 e. The average Bonchev–Trinajstić information content (AvgIpc) is 3.12. The van der Waals surface area contributed by atoms with E-state index in [9.17, 15) is 4.79 Å². The summed E-state index contributed by atoms with van der Waals surface area (Å²) in [6.07, 6.45) is 5.71. The summed E-state index contributed by atoms with van der Waals surface area (Å²) in [6.45, 7) is 5.29. The zero-order valence-corrected chi connectivity index (χ0v) is 16.8. The van der Waals surface area contributed by atoms with Crippen molar-refractivity contribution in [3.63, 3.8) is 0 Å². The molecular weight excluding hydrogens is 378 g/mol. The molecule has 0 saturated carbocycles. The van der Waals surface area contributed by atoms with Crippen LogP contribution in [0.4, 0.5) is 5.69 Å². The van der Waals surface area contributed by atoms with Gasteiger partial charge in [-0.25, -0.2) is 5.43 Å². The van der Waals surface area contributed by atoms with E-state index in [1.807, 2.05) is 40.4 Å². The molecule has 3 aliphatic heterocycles. The number of allylic oxidation sites excluding steroid dienone is 1. The Hall–Kier alpha value is -2.51. The van der Waals surface area contributed by atoms with Gasteiger partial charge in [-0.05, 0) is 30.7 Å². The van der Waals surface area contributed by atoms with E-state index in [4.69, 9.17) is 16.3 Å². The molecule has 8 heteroatoms. The first-order valence-electron chi connectivity index (χ1n) is 9.36. The molecule has 4 rings (SSSR count). The molecule has 28 heavy (non-hydrogen) atoms. The number of hydrogen-bond donors (Lipinski definition) is 1. The molecule has 3 heterocycles. The monoisotopic (exact) mass is 401 g/mol. The van der Waals surface area contributed by atoms with Crippen molar-refractivity contribution in [2.75, 3.05) is 44.7 Å². The number of anilines is 1. The maximum absolute atomic E-state index is 12.7. The van der Waals surface area contributed by atoms with Gasteiger partial charge in [-0.3, -0.25) is 9.79 Å². The van der Waals surface area contributed by atoms with Crippen LogP contribution in [0.2, 0.25) is 5.02 Å². The smallest absolute Gasteiger partial charge is 0.243 e. The van der Waals surface area contributed by atoms with Gasteiger partial charge in [0, 0.05) is 55.9 Å². The molecule has 1 aromatic carbocycles. The van der Waals surface area contributed by atoms with Crippen molar-refractivity contribution in [3.8, 4) is 5.75 Å². The van der Waals surface area contributed by atoms with E-state index in [1.165, 1.54) is 5.57 Å². The van der Waals surface area contributed by atoms with Gasteiger partial charge in [-0.2, -0.15) is 0 Å². The summed E-state index contributed by atoms with van der Waals surface area (Å²) >= 11 is 6.11. The topological polar surface area (TPSA) is 60.4 Å². The van der Waals surface area contributed by atoms with E-state index in [1.54, 1.807) is 13.3 Å². The number of ether oxygens (including phenoxy) is 1. The third-order valence-electron chi connectivity index (χ3n) is 5.33. The molecule has 1 N–H and O–H groups in total. The molecule has 1 aromatic rings. The molecule has 3 aliphatic rings. The largest absolute Gasteiger partial charge is 0.495 e. The van der Waals surface area contributed by atoms with Gasteiger partial charge in [0.25, 0.3) is 0 Å². The number of carbonyl (C=O) groups excluding carboxylic acids is 1. The van der Waals surface area contributed by atoms with Gasteiger partial charge >= 0.3 is 0 Å². The quantitative estimate of drug-likeness (QED) is 0.836. The summed E-state index contributed by atoms with van der Waals surface area (Å²) in [5.41, 5.74) is 6.62. The Morgan fingerprint density at radius 3 is 2.82 bits per heavy atom. The Morgan fingerprint density at radius 1 is 1.32 bits per heavy atom. The second kappa shape index (κ2) is 7.85. The first-order chi connectivity index (χ1) is 13.5. The number of nitrogens with zero attached hydrogens (tertiary/aromatic N) is 4. The molecule has 0 aromatic heterocycles. The minimum Gasteiger partial charge on any atom is -0.495 e. The lowest BCUT2D eigenvalue weighted by Crippen LogP contribution is -2.52. The van der Waals surface area contributed by atoms with Crippen LogP contribution in [0.15, 0.2) is 46.6 Å². The first kappa shape index (κ1) is 18.8. The number of nitrogens with one attached hydrogen (secondary N) is 1. The maximum atomic E-state index is 12.7. The Morgan fingerprint density at radius 2 is 2.11 bits per heavy atom. The summed E-state index contributed by atoms with van der Waals surface area (Å²) in [5.74, 6) is 0.779.